The van der Waals surface area contributed by atoms with E-state index in [-0.39, 0.29) is 29.9 Å². The van der Waals surface area contributed by atoms with Crippen molar-refractivity contribution in [1.82, 2.24) is 24.7 Å². The number of hydrogen-bond donors (Lipinski definition) is 2. The summed E-state index contributed by atoms with van der Waals surface area (Å²) < 4.78 is 25.8. The third-order valence-electron chi connectivity index (χ3n) is 10.8. The number of halogens is 3. The second-order valence-electron chi connectivity index (χ2n) is 14.6. The topological polar surface area (TPSA) is 120 Å². The number of hydrogen-bond acceptors (Lipinski definition) is 9. The lowest BCUT2D eigenvalue weighted by Gasteiger charge is -2.60. The fraction of sp³-hybridized carbons (Fsp3) is 0.400. The fourth-order valence-electron chi connectivity index (χ4n) is 7.73. The van der Waals surface area contributed by atoms with Crippen molar-refractivity contribution in [2.45, 2.75) is 38.5 Å². The number of aliphatic hydroxyl groups is 1. The molecule has 284 valence electrons. The molecule has 3 aliphatic rings. The second-order valence-corrected chi connectivity index (χ2v) is 15.4. The molecule has 0 atom stereocenters. The van der Waals surface area contributed by atoms with Gasteiger partial charge in [-0.2, -0.15) is 0 Å². The van der Waals surface area contributed by atoms with Gasteiger partial charge in [-0.3, -0.25) is 24.4 Å². The molecule has 2 aromatic heterocycles. The molecule has 0 saturated carbocycles. The molecule has 7 rings (SSSR count). The standard InChI is InChI=1S/C40H43Cl2FN6O5/c1-25(51)49-22-39(23-49)20-48(21-39)18-26-10-11-31(46-38(26)54-3)30-8-4-6-28(35(30)41)29-7-5-9-32(36(29)42)45-37(52)33-16-34(53-2)27(17-44-33)19-47-14-12-40(43,24-50)13-15-47/h4-11,16-17,50H,12-15,18-24H2,1-3H3,(H,45,52). The molecule has 3 saturated heterocycles. The number of piperidine rings is 1. The SMILES string of the molecule is COc1cc(C(=O)Nc2cccc(-c3cccc(-c4ccc(CN5CC6(C5)CN(C(C)=O)C6)c(OC)n4)c3Cl)c2Cl)ncc1CN1CCC(F)(CO)CC1. The van der Waals surface area contributed by atoms with Gasteiger partial charge in [0, 0.05) is 105 Å². The Hall–Kier alpha value is -4.33. The number of amides is 2. The van der Waals surface area contributed by atoms with Gasteiger partial charge in [-0.25, -0.2) is 9.37 Å². The Kier molecular flexibility index (Phi) is 10.8. The number of carbonyl (C=O) groups is 2. The summed E-state index contributed by atoms with van der Waals surface area (Å²) in [7, 11) is 3.13. The lowest BCUT2D eigenvalue weighted by molar-refractivity contribution is -0.157. The Morgan fingerprint density at radius 2 is 1.56 bits per heavy atom. The zero-order valence-corrected chi connectivity index (χ0v) is 32.0. The Bertz CT molecular complexity index is 2060. The lowest BCUT2D eigenvalue weighted by atomic mass is 9.72. The van der Waals surface area contributed by atoms with Gasteiger partial charge < -0.3 is 24.8 Å². The van der Waals surface area contributed by atoms with E-state index in [1.807, 2.05) is 41.3 Å². The number of nitrogens with one attached hydrogen (secondary N) is 1. The molecule has 2 N–H and O–H groups in total. The molecule has 4 aromatic rings. The van der Waals surface area contributed by atoms with E-state index < -0.39 is 18.2 Å². The van der Waals surface area contributed by atoms with Crippen LogP contribution in [0, 0.1) is 5.41 Å². The van der Waals surface area contributed by atoms with Crippen molar-refractivity contribution in [2.75, 3.05) is 65.4 Å². The van der Waals surface area contributed by atoms with E-state index in [4.69, 9.17) is 37.7 Å². The van der Waals surface area contributed by atoms with Crippen molar-refractivity contribution in [1.29, 1.82) is 0 Å². The molecular weight excluding hydrogens is 734 g/mol. The third kappa shape index (κ3) is 7.63. The Balaban J connectivity index is 1.04. The molecule has 3 aliphatic heterocycles. The minimum Gasteiger partial charge on any atom is -0.496 e. The highest BCUT2D eigenvalue weighted by Gasteiger charge is 2.52. The smallest absolute Gasteiger partial charge is 0.274 e. The lowest BCUT2D eigenvalue weighted by Crippen LogP contribution is -2.72. The van der Waals surface area contributed by atoms with Crippen LogP contribution in [-0.4, -0.2) is 107 Å². The maximum absolute atomic E-state index is 14.5. The van der Waals surface area contributed by atoms with Gasteiger partial charge in [0.25, 0.3) is 5.91 Å². The number of rotatable bonds is 11. The van der Waals surface area contributed by atoms with Gasteiger partial charge in [0.15, 0.2) is 0 Å². The van der Waals surface area contributed by atoms with Crippen LogP contribution >= 0.6 is 23.2 Å². The molecule has 11 nitrogen and oxygen atoms in total. The molecule has 2 aromatic carbocycles. The van der Waals surface area contributed by atoms with Crippen LogP contribution in [0.2, 0.25) is 10.0 Å². The molecule has 2 amide bonds. The number of benzene rings is 2. The van der Waals surface area contributed by atoms with Crippen LogP contribution in [0.3, 0.4) is 0 Å². The normalized spacial score (nSPS) is 17.8. The summed E-state index contributed by atoms with van der Waals surface area (Å²) in [6.45, 7) is 6.80. The number of anilines is 1. The van der Waals surface area contributed by atoms with Crippen LogP contribution in [0.15, 0.2) is 60.8 Å². The third-order valence-corrected chi connectivity index (χ3v) is 11.6. The Morgan fingerprint density at radius 3 is 2.22 bits per heavy atom. The summed E-state index contributed by atoms with van der Waals surface area (Å²) in [6, 6.07) is 16.5. The van der Waals surface area contributed by atoms with Crippen molar-refractivity contribution in [3.63, 3.8) is 0 Å². The van der Waals surface area contributed by atoms with Crippen molar-refractivity contribution < 1.29 is 28.6 Å². The molecule has 54 heavy (non-hydrogen) atoms. The fourth-order valence-corrected chi connectivity index (χ4v) is 8.33. The number of likely N-dealkylation sites (tertiary alicyclic amines) is 3. The van der Waals surface area contributed by atoms with Crippen molar-refractivity contribution in [3.8, 4) is 34.0 Å². The number of nitrogens with zero attached hydrogens (tertiary/aromatic N) is 5. The quantitative estimate of drug-likeness (QED) is 0.180. The largest absolute Gasteiger partial charge is 0.496 e. The number of alkyl halides is 1. The number of carbonyl (C=O) groups excluding carboxylic acids is 2. The predicted octanol–water partition coefficient (Wildman–Crippen LogP) is 6.35. The van der Waals surface area contributed by atoms with E-state index in [1.54, 1.807) is 38.4 Å². The number of methoxy groups -OCH3 is 2. The average Bonchev–Trinajstić information content (AvgIpc) is 3.14. The molecule has 0 bridgehead atoms. The van der Waals surface area contributed by atoms with Crippen LogP contribution in [0.5, 0.6) is 11.6 Å². The summed E-state index contributed by atoms with van der Waals surface area (Å²) in [6.07, 6.45) is 2.09. The molecular formula is C40H43Cl2FN6O5. The monoisotopic (exact) mass is 776 g/mol. The Morgan fingerprint density at radius 1 is 0.889 bits per heavy atom. The Labute approximate surface area is 324 Å². The maximum atomic E-state index is 14.5. The summed E-state index contributed by atoms with van der Waals surface area (Å²) >= 11 is 14.0. The van der Waals surface area contributed by atoms with E-state index in [1.165, 1.54) is 7.11 Å². The molecule has 0 radical (unpaired) electrons. The van der Waals surface area contributed by atoms with E-state index in [0.29, 0.717) is 75.9 Å². The van der Waals surface area contributed by atoms with Crippen LogP contribution in [0.4, 0.5) is 10.1 Å². The van der Waals surface area contributed by atoms with Crippen LogP contribution in [-0.2, 0) is 17.9 Å². The van der Waals surface area contributed by atoms with Crippen molar-refractivity contribution >= 4 is 40.7 Å². The van der Waals surface area contributed by atoms with Crippen LogP contribution in [0.1, 0.15) is 41.4 Å². The van der Waals surface area contributed by atoms with E-state index in [2.05, 4.69) is 20.1 Å². The van der Waals surface area contributed by atoms with E-state index in [9.17, 15) is 19.1 Å². The molecule has 0 aliphatic carbocycles. The van der Waals surface area contributed by atoms with Gasteiger partial charge in [-0.1, -0.05) is 59.6 Å². The van der Waals surface area contributed by atoms with Crippen molar-refractivity contribution in [3.05, 3.63) is 87.7 Å². The van der Waals surface area contributed by atoms with Crippen molar-refractivity contribution in [2.24, 2.45) is 5.41 Å². The van der Waals surface area contributed by atoms with E-state index in [0.717, 1.165) is 37.3 Å². The van der Waals surface area contributed by atoms with E-state index >= 15 is 0 Å². The number of aliphatic hydroxyl groups excluding tert-OH is 1. The molecule has 0 unspecified atom stereocenters. The number of pyridine rings is 2. The number of aromatic nitrogens is 2. The first-order valence-electron chi connectivity index (χ1n) is 17.9. The van der Waals surface area contributed by atoms with Gasteiger partial charge in [0.2, 0.25) is 11.8 Å². The average molecular weight is 778 g/mol. The highest BCUT2D eigenvalue weighted by atomic mass is 35.5. The maximum Gasteiger partial charge on any atom is 0.274 e. The zero-order chi connectivity index (χ0) is 38.2. The van der Waals surface area contributed by atoms with Crippen LogP contribution in [0.25, 0.3) is 22.4 Å². The predicted molar refractivity (Wildman–Crippen MR) is 206 cm³/mol. The first kappa shape index (κ1) is 38.0. The van der Waals surface area contributed by atoms with Gasteiger partial charge in [-0.05, 0) is 25.0 Å². The van der Waals surface area contributed by atoms with Gasteiger partial charge in [0.1, 0.15) is 17.1 Å². The summed E-state index contributed by atoms with van der Waals surface area (Å²) in [4.78, 5) is 40.6. The minimum atomic E-state index is -1.54. The van der Waals surface area contributed by atoms with Crippen LogP contribution < -0.4 is 14.8 Å². The minimum absolute atomic E-state index is 0.130. The highest BCUT2D eigenvalue weighted by Crippen LogP contribution is 2.43. The number of ether oxygens (including phenoxy) is 2. The first-order chi connectivity index (χ1) is 25.9. The molecule has 3 fully saturated rings. The second kappa shape index (κ2) is 15.4. The van der Waals surface area contributed by atoms with Gasteiger partial charge in [0.05, 0.1) is 42.3 Å². The summed E-state index contributed by atoms with van der Waals surface area (Å²) in [5, 5.41) is 13.0. The van der Waals surface area contributed by atoms with Gasteiger partial charge >= 0.3 is 0 Å². The first-order valence-corrected chi connectivity index (χ1v) is 18.7. The zero-order valence-electron chi connectivity index (χ0n) is 30.5. The highest BCUT2D eigenvalue weighted by molar-refractivity contribution is 6.39. The molecule has 1 spiro atoms. The molecule has 5 heterocycles. The van der Waals surface area contributed by atoms with Gasteiger partial charge in [-0.15, -0.1) is 0 Å². The summed E-state index contributed by atoms with van der Waals surface area (Å²) in [5.74, 6) is 0.663. The summed E-state index contributed by atoms with van der Waals surface area (Å²) in [5.41, 5.74) is 3.55. The molecule has 14 heteroatoms.